The van der Waals surface area contributed by atoms with Gasteiger partial charge in [0.05, 0.1) is 0 Å². The predicted molar refractivity (Wildman–Crippen MR) is 98.7 cm³/mol. The molecule has 0 spiro atoms. The molecule has 3 aromatic carbocycles. The van der Waals surface area contributed by atoms with E-state index in [1.54, 1.807) is 6.07 Å². The zero-order valence-electron chi connectivity index (χ0n) is 14.1. The average molecular weight is 347 g/mol. The summed E-state index contributed by atoms with van der Waals surface area (Å²) in [5.41, 5.74) is 2.13. The predicted octanol–water partition coefficient (Wildman–Crippen LogP) is 3.77. The van der Waals surface area contributed by atoms with Crippen LogP contribution in [0.15, 0.2) is 54.6 Å². The second-order valence-electron chi connectivity index (χ2n) is 6.02. The van der Waals surface area contributed by atoms with Gasteiger partial charge in [-0.1, -0.05) is 59.7 Å². The van der Waals surface area contributed by atoms with E-state index in [1.165, 1.54) is 10.7 Å². The van der Waals surface area contributed by atoms with Gasteiger partial charge in [-0.2, -0.15) is 0 Å². The van der Waals surface area contributed by atoms with Crippen LogP contribution in [0.1, 0.15) is 12.5 Å². The molecule has 6 nitrogen and oxygen atoms in total. The first-order valence-corrected chi connectivity index (χ1v) is 8.28. The molecule has 3 N–H and O–H groups in total. The fraction of sp³-hybridized carbons (Fsp3) is 0.100. The molecule has 0 saturated heterocycles. The van der Waals surface area contributed by atoms with Crippen molar-refractivity contribution < 1.29 is 15.3 Å². The van der Waals surface area contributed by atoms with Crippen LogP contribution in [0.3, 0.4) is 0 Å². The van der Waals surface area contributed by atoms with E-state index >= 15 is 0 Å². The van der Waals surface area contributed by atoms with E-state index in [1.807, 2.05) is 49.4 Å². The summed E-state index contributed by atoms with van der Waals surface area (Å²) < 4.78 is 1.39. The molecule has 1 aromatic heterocycles. The summed E-state index contributed by atoms with van der Waals surface area (Å²) in [6.07, 6.45) is 0.587. The number of phenols is 2. The Labute approximate surface area is 149 Å². The molecular weight excluding hydrogens is 330 g/mol. The molecule has 0 radical (unpaired) electrons. The largest absolute Gasteiger partial charge is 0.508 e. The Kier molecular flexibility index (Phi) is 3.73. The SMILES string of the molecule is CCc1cc(-n2nnc(O)c2-c2cccc3ccccc23)c(O)cc1O. The van der Waals surface area contributed by atoms with Crippen molar-refractivity contribution in [1.82, 2.24) is 15.0 Å². The number of aromatic nitrogens is 3. The van der Waals surface area contributed by atoms with Crippen molar-refractivity contribution in [1.29, 1.82) is 0 Å². The van der Waals surface area contributed by atoms with E-state index in [2.05, 4.69) is 10.3 Å². The number of hydrogen-bond donors (Lipinski definition) is 3. The van der Waals surface area contributed by atoms with Gasteiger partial charge in [-0.25, -0.2) is 4.68 Å². The molecule has 6 heteroatoms. The van der Waals surface area contributed by atoms with Crippen LogP contribution in [0.4, 0.5) is 0 Å². The van der Waals surface area contributed by atoms with Gasteiger partial charge in [0.15, 0.2) is 0 Å². The van der Waals surface area contributed by atoms with Crippen molar-refractivity contribution in [3.05, 3.63) is 60.2 Å². The van der Waals surface area contributed by atoms with E-state index in [9.17, 15) is 15.3 Å². The Bertz CT molecular complexity index is 1110. The fourth-order valence-corrected chi connectivity index (χ4v) is 3.17. The van der Waals surface area contributed by atoms with Gasteiger partial charge in [-0.3, -0.25) is 0 Å². The van der Waals surface area contributed by atoms with Crippen LogP contribution < -0.4 is 0 Å². The van der Waals surface area contributed by atoms with E-state index in [4.69, 9.17) is 0 Å². The summed E-state index contributed by atoms with van der Waals surface area (Å²) in [5.74, 6) is -0.359. The third-order valence-electron chi connectivity index (χ3n) is 4.48. The Morgan fingerprint density at radius 1 is 0.923 bits per heavy atom. The minimum absolute atomic E-state index is 0.0183. The first-order valence-electron chi connectivity index (χ1n) is 8.28. The molecule has 0 bridgehead atoms. The number of aryl methyl sites for hydroxylation is 1. The van der Waals surface area contributed by atoms with E-state index in [0.717, 1.165) is 16.3 Å². The molecule has 0 unspecified atom stereocenters. The zero-order chi connectivity index (χ0) is 18.3. The zero-order valence-corrected chi connectivity index (χ0v) is 14.1. The molecule has 1 heterocycles. The fourth-order valence-electron chi connectivity index (χ4n) is 3.17. The van der Waals surface area contributed by atoms with Crippen LogP contribution >= 0.6 is 0 Å². The van der Waals surface area contributed by atoms with Gasteiger partial charge in [-0.05, 0) is 28.8 Å². The standard InChI is InChI=1S/C20H17N3O3/c1-2-12-10-16(18(25)11-17(12)24)23-19(20(26)21-22-23)15-9-5-7-13-6-3-4-8-14(13)15/h3-11,24-26H,2H2,1H3. The third-order valence-corrected chi connectivity index (χ3v) is 4.48. The summed E-state index contributed by atoms with van der Waals surface area (Å²) in [5, 5.41) is 40.4. The first-order chi connectivity index (χ1) is 12.6. The van der Waals surface area contributed by atoms with Gasteiger partial charge in [0, 0.05) is 11.6 Å². The summed E-state index contributed by atoms with van der Waals surface area (Å²) in [7, 11) is 0. The number of nitrogens with zero attached hydrogens (tertiary/aromatic N) is 3. The van der Waals surface area contributed by atoms with Crippen LogP contribution in [0.2, 0.25) is 0 Å². The maximum Gasteiger partial charge on any atom is 0.259 e. The minimum atomic E-state index is -0.230. The first kappa shape index (κ1) is 16.0. The van der Waals surface area contributed by atoms with Crippen LogP contribution in [0.5, 0.6) is 17.4 Å². The Morgan fingerprint density at radius 2 is 1.69 bits per heavy atom. The van der Waals surface area contributed by atoms with Gasteiger partial charge in [0.1, 0.15) is 22.9 Å². The monoisotopic (exact) mass is 347 g/mol. The number of rotatable bonds is 3. The lowest BCUT2D eigenvalue weighted by Crippen LogP contribution is -2.01. The van der Waals surface area contributed by atoms with Gasteiger partial charge >= 0.3 is 0 Å². The molecule has 0 aliphatic rings. The van der Waals surface area contributed by atoms with Crippen LogP contribution in [0, 0.1) is 0 Å². The number of hydrogen-bond acceptors (Lipinski definition) is 5. The Balaban J connectivity index is 2.01. The summed E-state index contributed by atoms with van der Waals surface area (Å²) in [4.78, 5) is 0. The van der Waals surface area contributed by atoms with Crippen molar-refractivity contribution >= 4 is 10.8 Å². The minimum Gasteiger partial charge on any atom is -0.508 e. The van der Waals surface area contributed by atoms with Crippen LogP contribution in [-0.4, -0.2) is 30.3 Å². The van der Waals surface area contributed by atoms with Gasteiger partial charge in [-0.15, -0.1) is 0 Å². The van der Waals surface area contributed by atoms with Crippen molar-refractivity contribution in [3.63, 3.8) is 0 Å². The molecule has 130 valence electrons. The molecule has 4 rings (SSSR count). The molecule has 0 aliphatic heterocycles. The van der Waals surface area contributed by atoms with Crippen molar-refractivity contribution in [2.75, 3.05) is 0 Å². The maximum absolute atomic E-state index is 10.4. The van der Waals surface area contributed by atoms with E-state index in [-0.39, 0.29) is 17.4 Å². The van der Waals surface area contributed by atoms with Crippen molar-refractivity contribution in [2.45, 2.75) is 13.3 Å². The highest BCUT2D eigenvalue weighted by Gasteiger charge is 2.20. The van der Waals surface area contributed by atoms with Crippen LogP contribution in [-0.2, 0) is 6.42 Å². The highest BCUT2D eigenvalue weighted by Crippen LogP contribution is 2.38. The lowest BCUT2D eigenvalue weighted by molar-refractivity contribution is 0.443. The summed E-state index contributed by atoms with van der Waals surface area (Å²) >= 11 is 0. The van der Waals surface area contributed by atoms with Gasteiger partial charge in [0.2, 0.25) is 0 Å². The van der Waals surface area contributed by atoms with Gasteiger partial charge < -0.3 is 15.3 Å². The van der Waals surface area contributed by atoms with Crippen molar-refractivity contribution in [3.8, 4) is 34.3 Å². The normalized spacial score (nSPS) is 11.1. The smallest absolute Gasteiger partial charge is 0.259 e. The summed E-state index contributed by atoms with van der Waals surface area (Å²) in [6, 6.07) is 16.5. The molecule has 0 atom stereocenters. The average Bonchev–Trinajstić information content (AvgIpc) is 3.02. The molecule has 0 amide bonds. The van der Waals surface area contributed by atoms with Crippen LogP contribution in [0.25, 0.3) is 27.7 Å². The number of fused-ring (bicyclic) bond motifs is 1. The quantitative estimate of drug-likeness (QED) is 0.525. The third kappa shape index (κ3) is 2.43. The van der Waals surface area contributed by atoms with E-state index in [0.29, 0.717) is 23.4 Å². The number of aromatic hydroxyl groups is 3. The second kappa shape index (κ2) is 6.07. The lowest BCUT2D eigenvalue weighted by atomic mass is 10.0. The molecule has 26 heavy (non-hydrogen) atoms. The van der Waals surface area contributed by atoms with Gasteiger partial charge in [0.25, 0.3) is 5.88 Å². The number of phenolic OH excluding ortho intramolecular Hbond substituents is 2. The topological polar surface area (TPSA) is 91.4 Å². The highest BCUT2D eigenvalue weighted by molar-refractivity contribution is 5.97. The maximum atomic E-state index is 10.4. The molecular formula is C20H17N3O3. The molecule has 0 saturated carbocycles. The number of benzene rings is 3. The van der Waals surface area contributed by atoms with E-state index < -0.39 is 0 Å². The molecule has 0 aliphatic carbocycles. The second-order valence-corrected chi connectivity index (χ2v) is 6.02. The molecule has 4 aromatic rings. The molecule has 0 fully saturated rings. The Morgan fingerprint density at radius 3 is 2.50 bits per heavy atom. The Hall–Kier alpha value is -3.54. The lowest BCUT2D eigenvalue weighted by Gasteiger charge is -2.12. The highest BCUT2D eigenvalue weighted by atomic mass is 16.3. The van der Waals surface area contributed by atoms with Crippen molar-refractivity contribution in [2.24, 2.45) is 0 Å². The summed E-state index contributed by atoms with van der Waals surface area (Å²) in [6.45, 7) is 1.90.